The molecule has 0 spiro atoms. The maximum absolute atomic E-state index is 4.15. The van der Waals surface area contributed by atoms with Crippen molar-refractivity contribution >= 4 is 18.3 Å². The summed E-state index contributed by atoms with van der Waals surface area (Å²) in [5.41, 5.74) is 1.14. The molecule has 1 heterocycles. The molecular formula is C8H12N2S. The van der Waals surface area contributed by atoms with E-state index in [0.29, 0.717) is 0 Å². The Hall–Kier alpha value is -0.700. The predicted octanol–water partition coefficient (Wildman–Crippen LogP) is 1.45. The van der Waals surface area contributed by atoms with Crippen molar-refractivity contribution in [3.8, 4) is 0 Å². The van der Waals surface area contributed by atoms with Gasteiger partial charge >= 0.3 is 0 Å². The normalized spacial score (nSPS) is 9.64. The summed E-state index contributed by atoms with van der Waals surface area (Å²) in [6, 6.07) is 3.97. The SMILES string of the molecule is CN(CCS)c1cccnc1. The topological polar surface area (TPSA) is 16.1 Å². The van der Waals surface area contributed by atoms with Gasteiger partial charge in [-0.1, -0.05) is 0 Å². The van der Waals surface area contributed by atoms with Gasteiger partial charge in [-0.2, -0.15) is 12.6 Å². The highest BCUT2D eigenvalue weighted by atomic mass is 32.1. The van der Waals surface area contributed by atoms with Crippen molar-refractivity contribution in [2.45, 2.75) is 0 Å². The van der Waals surface area contributed by atoms with Crippen molar-refractivity contribution in [2.24, 2.45) is 0 Å². The van der Waals surface area contributed by atoms with Gasteiger partial charge in [-0.15, -0.1) is 0 Å². The molecule has 0 N–H and O–H groups in total. The van der Waals surface area contributed by atoms with Gasteiger partial charge in [0, 0.05) is 25.5 Å². The van der Waals surface area contributed by atoms with Crippen molar-refractivity contribution in [1.82, 2.24) is 4.98 Å². The molecule has 0 radical (unpaired) electrons. The van der Waals surface area contributed by atoms with E-state index in [2.05, 4.69) is 22.5 Å². The molecule has 60 valence electrons. The molecular weight excluding hydrogens is 156 g/mol. The Balaban J connectivity index is 2.61. The van der Waals surface area contributed by atoms with Gasteiger partial charge in [0.2, 0.25) is 0 Å². The monoisotopic (exact) mass is 168 g/mol. The largest absolute Gasteiger partial charge is 0.373 e. The number of thiol groups is 1. The average Bonchev–Trinajstić information content (AvgIpc) is 2.07. The molecule has 0 atom stereocenters. The number of nitrogens with zero attached hydrogens (tertiary/aromatic N) is 2. The van der Waals surface area contributed by atoms with Crippen molar-refractivity contribution < 1.29 is 0 Å². The minimum absolute atomic E-state index is 0.866. The number of anilines is 1. The number of aromatic nitrogens is 1. The number of hydrogen-bond donors (Lipinski definition) is 1. The maximum atomic E-state index is 4.15. The van der Waals surface area contributed by atoms with Crippen LogP contribution in [0.25, 0.3) is 0 Å². The van der Waals surface area contributed by atoms with E-state index in [1.165, 1.54) is 0 Å². The molecule has 0 saturated carbocycles. The Morgan fingerprint density at radius 2 is 2.45 bits per heavy atom. The first-order chi connectivity index (χ1) is 5.34. The van der Waals surface area contributed by atoms with Crippen LogP contribution in [0.3, 0.4) is 0 Å². The predicted molar refractivity (Wildman–Crippen MR) is 51.4 cm³/mol. The zero-order valence-corrected chi connectivity index (χ0v) is 7.46. The highest BCUT2D eigenvalue weighted by Crippen LogP contribution is 2.07. The first-order valence-corrected chi connectivity index (χ1v) is 4.20. The van der Waals surface area contributed by atoms with Gasteiger partial charge in [0.25, 0.3) is 0 Å². The molecule has 0 fully saturated rings. The van der Waals surface area contributed by atoms with E-state index < -0.39 is 0 Å². The molecule has 0 amide bonds. The van der Waals surface area contributed by atoms with Gasteiger partial charge in [-0.3, -0.25) is 4.98 Å². The molecule has 0 unspecified atom stereocenters. The van der Waals surface area contributed by atoms with Crippen LogP contribution in [0.5, 0.6) is 0 Å². The highest BCUT2D eigenvalue weighted by Gasteiger charge is 1.96. The summed E-state index contributed by atoms with van der Waals surface area (Å²) in [5, 5.41) is 0. The van der Waals surface area contributed by atoms with Gasteiger partial charge in [0.05, 0.1) is 11.9 Å². The Kier molecular flexibility index (Phi) is 3.23. The van der Waals surface area contributed by atoms with Crippen LogP contribution in [0.4, 0.5) is 5.69 Å². The maximum Gasteiger partial charge on any atom is 0.0550 e. The van der Waals surface area contributed by atoms with Gasteiger partial charge in [-0.25, -0.2) is 0 Å². The Labute approximate surface area is 72.7 Å². The first kappa shape index (κ1) is 8.40. The van der Waals surface area contributed by atoms with Crippen molar-refractivity contribution in [2.75, 3.05) is 24.2 Å². The molecule has 0 saturated heterocycles. The number of pyridine rings is 1. The zero-order valence-electron chi connectivity index (χ0n) is 6.57. The van der Waals surface area contributed by atoms with Crippen LogP contribution in [0, 0.1) is 0 Å². The summed E-state index contributed by atoms with van der Waals surface area (Å²) >= 11 is 4.15. The first-order valence-electron chi connectivity index (χ1n) is 3.56. The van der Waals surface area contributed by atoms with Crippen molar-refractivity contribution in [3.05, 3.63) is 24.5 Å². The minimum Gasteiger partial charge on any atom is -0.373 e. The Morgan fingerprint density at radius 3 is 3.00 bits per heavy atom. The zero-order chi connectivity index (χ0) is 8.10. The van der Waals surface area contributed by atoms with Crippen LogP contribution in [0.2, 0.25) is 0 Å². The lowest BCUT2D eigenvalue weighted by atomic mass is 10.4. The second-order valence-corrected chi connectivity index (χ2v) is 2.80. The van der Waals surface area contributed by atoms with Gasteiger partial charge in [0.1, 0.15) is 0 Å². The van der Waals surface area contributed by atoms with Gasteiger partial charge in [0.15, 0.2) is 0 Å². The van der Waals surface area contributed by atoms with Crippen LogP contribution in [0.1, 0.15) is 0 Å². The van der Waals surface area contributed by atoms with E-state index >= 15 is 0 Å². The van der Waals surface area contributed by atoms with Crippen LogP contribution in [-0.2, 0) is 0 Å². The molecule has 0 aliphatic rings. The van der Waals surface area contributed by atoms with E-state index in [1.807, 2.05) is 25.4 Å². The molecule has 1 rings (SSSR count). The summed E-state index contributed by atoms with van der Waals surface area (Å²) in [5.74, 6) is 0.866. The highest BCUT2D eigenvalue weighted by molar-refractivity contribution is 7.80. The van der Waals surface area contributed by atoms with Gasteiger partial charge in [-0.05, 0) is 12.1 Å². The molecule has 11 heavy (non-hydrogen) atoms. The lowest BCUT2D eigenvalue weighted by Crippen LogP contribution is -2.19. The molecule has 1 aromatic heterocycles. The van der Waals surface area contributed by atoms with Crippen LogP contribution in [0.15, 0.2) is 24.5 Å². The second kappa shape index (κ2) is 4.23. The molecule has 2 nitrogen and oxygen atoms in total. The van der Waals surface area contributed by atoms with E-state index in [-0.39, 0.29) is 0 Å². The molecule has 0 aliphatic carbocycles. The molecule has 3 heteroatoms. The Morgan fingerprint density at radius 1 is 1.64 bits per heavy atom. The third kappa shape index (κ3) is 2.42. The standard InChI is InChI=1S/C8H12N2S/c1-10(5-6-11)8-3-2-4-9-7-8/h2-4,7,11H,5-6H2,1H3. The summed E-state index contributed by atoms with van der Waals surface area (Å²) < 4.78 is 0. The van der Waals surface area contributed by atoms with Crippen LogP contribution < -0.4 is 4.90 Å². The van der Waals surface area contributed by atoms with Gasteiger partial charge < -0.3 is 4.90 Å². The fraction of sp³-hybridized carbons (Fsp3) is 0.375. The molecule has 0 bridgehead atoms. The molecule has 0 aliphatic heterocycles. The van der Waals surface area contributed by atoms with Crippen molar-refractivity contribution in [3.63, 3.8) is 0 Å². The smallest absolute Gasteiger partial charge is 0.0550 e. The van der Waals surface area contributed by atoms with E-state index in [0.717, 1.165) is 18.0 Å². The van der Waals surface area contributed by atoms with Crippen LogP contribution >= 0.6 is 12.6 Å². The van der Waals surface area contributed by atoms with E-state index in [1.54, 1.807) is 6.20 Å². The van der Waals surface area contributed by atoms with Crippen molar-refractivity contribution in [1.29, 1.82) is 0 Å². The minimum atomic E-state index is 0.866. The molecule has 1 aromatic rings. The quantitative estimate of drug-likeness (QED) is 0.688. The number of hydrogen-bond acceptors (Lipinski definition) is 3. The van der Waals surface area contributed by atoms with Crippen LogP contribution in [-0.4, -0.2) is 24.3 Å². The summed E-state index contributed by atoms with van der Waals surface area (Å²) in [6.45, 7) is 0.953. The average molecular weight is 168 g/mol. The third-order valence-electron chi connectivity index (χ3n) is 1.52. The molecule has 0 aromatic carbocycles. The Bertz CT molecular complexity index is 201. The lowest BCUT2D eigenvalue weighted by Gasteiger charge is -2.16. The lowest BCUT2D eigenvalue weighted by molar-refractivity contribution is 0.972. The second-order valence-electron chi connectivity index (χ2n) is 2.36. The summed E-state index contributed by atoms with van der Waals surface area (Å²) in [7, 11) is 2.03. The fourth-order valence-corrected chi connectivity index (χ4v) is 1.16. The number of rotatable bonds is 3. The van der Waals surface area contributed by atoms with E-state index in [9.17, 15) is 0 Å². The third-order valence-corrected chi connectivity index (χ3v) is 1.72. The summed E-state index contributed by atoms with van der Waals surface area (Å²) in [6.07, 6.45) is 3.63. The fourth-order valence-electron chi connectivity index (χ4n) is 0.859. The van der Waals surface area contributed by atoms with E-state index in [4.69, 9.17) is 0 Å². The summed E-state index contributed by atoms with van der Waals surface area (Å²) in [4.78, 5) is 6.15.